The molecule has 0 spiro atoms. The molecule has 1 unspecified atom stereocenters. The predicted molar refractivity (Wildman–Crippen MR) is 125 cm³/mol. The molecule has 1 aromatic carbocycles. The minimum atomic E-state index is -0.723. The van der Waals surface area contributed by atoms with Gasteiger partial charge in [0.15, 0.2) is 0 Å². The second kappa shape index (κ2) is 14.7. The highest BCUT2D eigenvalue weighted by Gasteiger charge is 2.20. The first-order valence-electron chi connectivity index (χ1n) is 11.7. The Hall–Kier alpha value is -2.38. The van der Waals surface area contributed by atoms with Gasteiger partial charge in [0.2, 0.25) is 0 Å². The summed E-state index contributed by atoms with van der Waals surface area (Å²) in [5.74, 6) is 1.02. The quantitative estimate of drug-likeness (QED) is 0.325. The number of aliphatic hydroxyl groups excluding tert-OH is 2. The number of piperidine rings is 1. The van der Waals surface area contributed by atoms with Crippen LogP contribution in [-0.2, 0) is 11.2 Å². The molecule has 9 nitrogen and oxygen atoms in total. The highest BCUT2D eigenvalue weighted by atomic mass is 16.5. The van der Waals surface area contributed by atoms with Crippen LogP contribution in [0, 0.1) is 17.2 Å². The fourth-order valence-electron chi connectivity index (χ4n) is 3.43. The Kier molecular flexibility index (Phi) is 12.0. The molecule has 9 heteroatoms. The number of aliphatic hydroxyl groups is 2. The van der Waals surface area contributed by atoms with Crippen molar-refractivity contribution in [2.75, 3.05) is 52.5 Å². The monoisotopic (exact) mass is 462 g/mol. The lowest BCUT2D eigenvalue weighted by Gasteiger charge is -2.29. The number of likely N-dealkylation sites (tertiary alicyclic amines) is 1. The predicted octanol–water partition coefficient (Wildman–Crippen LogP) is 1.27. The summed E-state index contributed by atoms with van der Waals surface area (Å²) < 4.78 is 11.2. The van der Waals surface area contributed by atoms with E-state index >= 15 is 0 Å². The van der Waals surface area contributed by atoms with Crippen molar-refractivity contribution >= 4 is 6.03 Å². The number of nitriles is 1. The molecular formula is C24H38N4O5. The smallest absolute Gasteiger partial charge is 0.317 e. The van der Waals surface area contributed by atoms with Crippen LogP contribution in [0.25, 0.3) is 0 Å². The Morgan fingerprint density at radius 3 is 2.73 bits per heavy atom. The summed E-state index contributed by atoms with van der Waals surface area (Å²) in [6.07, 6.45) is 0.863. The van der Waals surface area contributed by atoms with E-state index in [0.717, 1.165) is 5.56 Å². The second-order valence-electron chi connectivity index (χ2n) is 8.77. The Morgan fingerprint density at radius 1 is 1.27 bits per heavy atom. The van der Waals surface area contributed by atoms with Crippen molar-refractivity contribution in [2.45, 2.75) is 45.3 Å². The summed E-state index contributed by atoms with van der Waals surface area (Å²) >= 11 is 0. The number of nitrogens with zero attached hydrogens (tertiary/aromatic N) is 2. The fourth-order valence-corrected chi connectivity index (χ4v) is 3.43. The number of nitrogens with one attached hydrogen (secondary N) is 2. The molecule has 0 aliphatic carbocycles. The van der Waals surface area contributed by atoms with E-state index in [9.17, 15) is 20.3 Å². The zero-order valence-electron chi connectivity index (χ0n) is 19.8. The van der Waals surface area contributed by atoms with Crippen molar-refractivity contribution in [2.24, 2.45) is 5.92 Å². The van der Waals surface area contributed by atoms with Crippen LogP contribution in [0.2, 0.25) is 0 Å². The number of urea groups is 1. The Balaban J connectivity index is 1.61. The molecule has 184 valence electrons. The van der Waals surface area contributed by atoms with E-state index in [1.54, 1.807) is 17.0 Å². The minimum absolute atomic E-state index is 0.0944. The second-order valence-corrected chi connectivity index (χ2v) is 8.77. The van der Waals surface area contributed by atoms with Crippen LogP contribution >= 0.6 is 0 Å². The van der Waals surface area contributed by atoms with Gasteiger partial charge in [-0.3, -0.25) is 0 Å². The number of hydrogen-bond acceptors (Lipinski definition) is 7. The molecule has 1 aromatic rings. The van der Waals surface area contributed by atoms with E-state index in [1.165, 1.54) is 0 Å². The molecule has 0 radical (unpaired) electrons. The van der Waals surface area contributed by atoms with Gasteiger partial charge in [0, 0.05) is 39.3 Å². The maximum Gasteiger partial charge on any atom is 0.317 e. The molecule has 0 saturated carbocycles. The van der Waals surface area contributed by atoms with Crippen molar-refractivity contribution in [3.8, 4) is 11.8 Å². The molecule has 1 fully saturated rings. The topological polar surface area (TPSA) is 127 Å². The van der Waals surface area contributed by atoms with Crippen molar-refractivity contribution in [1.29, 1.82) is 5.26 Å². The average Bonchev–Trinajstić information content (AvgIpc) is 2.80. The summed E-state index contributed by atoms with van der Waals surface area (Å²) in [7, 11) is 0. The van der Waals surface area contributed by atoms with Crippen LogP contribution in [0.4, 0.5) is 4.79 Å². The third kappa shape index (κ3) is 10.4. The zero-order valence-corrected chi connectivity index (χ0v) is 19.8. The third-order valence-electron chi connectivity index (χ3n) is 5.32. The van der Waals surface area contributed by atoms with Crippen LogP contribution < -0.4 is 15.4 Å². The number of carbonyl (C=O) groups excluding carboxylic acids is 1. The molecule has 1 heterocycles. The molecule has 4 N–H and O–H groups in total. The number of hydrogen-bond donors (Lipinski definition) is 4. The van der Waals surface area contributed by atoms with E-state index in [4.69, 9.17) is 9.47 Å². The van der Waals surface area contributed by atoms with Crippen LogP contribution in [0.1, 0.15) is 37.8 Å². The van der Waals surface area contributed by atoms with Gasteiger partial charge in [0.1, 0.15) is 18.5 Å². The largest absolute Gasteiger partial charge is 0.491 e. The number of benzene rings is 1. The summed E-state index contributed by atoms with van der Waals surface area (Å²) in [6.45, 7) is 7.97. The van der Waals surface area contributed by atoms with E-state index in [-0.39, 0.29) is 18.7 Å². The molecule has 1 saturated heterocycles. The first-order valence-corrected chi connectivity index (χ1v) is 11.7. The summed E-state index contributed by atoms with van der Waals surface area (Å²) in [4.78, 5) is 13.7. The average molecular weight is 463 g/mol. The molecule has 0 aromatic heterocycles. The van der Waals surface area contributed by atoms with Gasteiger partial charge in [-0.25, -0.2) is 4.79 Å². The van der Waals surface area contributed by atoms with Crippen molar-refractivity contribution in [3.05, 3.63) is 29.3 Å². The lowest BCUT2D eigenvalue weighted by Crippen LogP contribution is -2.47. The van der Waals surface area contributed by atoms with Crippen LogP contribution in [0.15, 0.2) is 18.2 Å². The highest BCUT2D eigenvalue weighted by molar-refractivity contribution is 5.74. The Bertz CT molecular complexity index is 760. The number of rotatable bonds is 13. The van der Waals surface area contributed by atoms with Gasteiger partial charge < -0.3 is 35.2 Å². The maximum atomic E-state index is 12.0. The lowest BCUT2D eigenvalue weighted by atomic mass is 10.1. The van der Waals surface area contributed by atoms with Gasteiger partial charge in [-0.1, -0.05) is 19.9 Å². The molecule has 0 bridgehead atoms. The minimum Gasteiger partial charge on any atom is -0.491 e. The molecular weight excluding hydrogens is 424 g/mol. The van der Waals surface area contributed by atoms with Gasteiger partial charge in [-0.15, -0.1) is 0 Å². The van der Waals surface area contributed by atoms with E-state index in [0.29, 0.717) is 82.4 Å². The molecule has 1 aliphatic heterocycles. The molecule has 2 rings (SSSR count). The van der Waals surface area contributed by atoms with Crippen molar-refractivity contribution in [1.82, 2.24) is 15.5 Å². The molecule has 2 amide bonds. The van der Waals surface area contributed by atoms with E-state index < -0.39 is 6.10 Å². The number of ether oxygens (including phenoxy) is 2. The normalized spacial score (nSPS) is 15.3. The summed E-state index contributed by atoms with van der Waals surface area (Å²) in [5.41, 5.74) is 1.46. The van der Waals surface area contributed by atoms with Gasteiger partial charge in [-0.05, 0) is 42.9 Å². The number of carbonyl (C=O) groups is 1. The summed E-state index contributed by atoms with van der Waals surface area (Å²) in [5, 5.41) is 35.0. The van der Waals surface area contributed by atoms with Gasteiger partial charge in [0.25, 0.3) is 0 Å². The highest BCUT2D eigenvalue weighted by Crippen LogP contribution is 2.18. The van der Waals surface area contributed by atoms with Gasteiger partial charge in [-0.2, -0.15) is 5.26 Å². The van der Waals surface area contributed by atoms with Gasteiger partial charge >= 0.3 is 6.03 Å². The maximum absolute atomic E-state index is 12.0. The SMILES string of the molecule is CC(C)COCCc1ccc(OCC(O)CNCCNC(=O)N2CCC(O)CC2)cc1C#N. The standard InChI is InChI=1S/C24H38N4O5/c1-18(2)16-32-12-7-19-3-4-23(13-20(19)14-25)33-17-22(30)15-26-8-9-27-24(31)28-10-5-21(29)6-11-28/h3-4,13,18,21-22,26,29-30H,5-12,15-17H2,1-2H3,(H,27,31). The van der Waals surface area contributed by atoms with Gasteiger partial charge in [0.05, 0.1) is 24.3 Å². The van der Waals surface area contributed by atoms with Crippen LogP contribution in [0.5, 0.6) is 5.75 Å². The lowest BCUT2D eigenvalue weighted by molar-refractivity contribution is 0.0936. The zero-order chi connectivity index (χ0) is 24.1. The number of amides is 2. The fraction of sp³-hybridized carbons (Fsp3) is 0.667. The first kappa shape index (κ1) is 26.9. The molecule has 1 aliphatic rings. The van der Waals surface area contributed by atoms with Crippen LogP contribution in [0.3, 0.4) is 0 Å². The van der Waals surface area contributed by atoms with Crippen molar-refractivity contribution < 1.29 is 24.5 Å². The molecule has 1 atom stereocenters. The van der Waals surface area contributed by atoms with Crippen LogP contribution in [-0.4, -0.2) is 85.9 Å². The van der Waals surface area contributed by atoms with Crippen molar-refractivity contribution in [3.63, 3.8) is 0 Å². The third-order valence-corrected chi connectivity index (χ3v) is 5.32. The molecule has 33 heavy (non-hydrogen) atoms. The first-order chi connectivity index (χ1) is 15.9. The van der Waals surface area contributed by atoms with E-state index in [2.05, 4.69) is 30.6 Å². The Labute approximate surface area is 196 Å². The Morgan fingerprint density at radius 2 is 2.03 bits per heavy atom. The summed E-state index contributed by atoms with van der Waals surface area (Å²) in [6, 6.07) is 7.42. The van der Waals surface area contributed by atoms with E-state index in [1.807, 2.05) is 6.07 Å².